The number of nitriles is 1. The molecule has 5 heteroatoms. The lowest BCUT2D eigenvalue weighted by molar-refractivity contribution is 0.0943. The van der Waals surface area contributed by atoms with Crippen molar-refractivity contribution in [3.8, 4) is 6.07 Å². The minimum Gasteiger partial charge on any atom is -0.336 e. The Hall–Kier alpha value is -1.60. The third kappa shape index (κ3) is 3.43. The van der Waals surface area contributed by atoms with E-state index in [1.807, 2.05) is 13.0 Å². The highest BCUT2D eigenvalue weighted by Gasteiger charge is 2.16. The van der Waals surface area contributed by atoms with Gasteiger partial charge < -0.3 is 5.32 Å². The van der Waals surface area contributed by atoms with Gasteiger partial charge in [-0.15, -0.1) is 0 Å². The zero-order valence-electron chi connectivity index (χ0n) is 9.34. The van der Waals surface area contributed by atoms with E-state index in [-0.39, 0.29) is 10.6 Å². The van der Waals surface area contributed by atoms with Gasteiger partial charge in [-0.3, -0.25) is 4.79 Å². The van der Waals surface area contributed by atoms with Crippen LogP contribution in [0.3, 0.4) is 0 Å². The molecule has 1 rings (SSSR count). The molecule has 0 aliphatic rings. The van der Waals surface area contributed by atoms with Crippen molar-refractivity contribution in [3.63, 3.8) is 0 Å². The molecule has 1 aromatic carbocycles. The summed E-state index contributed by atoms with van der Waals surface area (Å²) < 4.78 is 13.1. The molecule has 0 aliphatic carbocycles. The van der Waals surface area contributed by atoms with E-state index in [4.69, 9.17) is 16.9 Å². The van der Waals surface area contributed by atoms with Crippen LogP contribution >= 0.6 is 11.6 Å². The molecule has 90 valence electrons. The van der Waals surface area contributed by atoms with Crippen LogP contribution in [0.1, 0.15) is 30.1 Å². The van der Waals surface area contributed by atoms with E-state index in [9.17, 15) is 9.18 Å². The Bertz CT molecular complexity index is 456. The standard InChI is InChI=1S/C12H12ClFN2O/c1-2-4-8(7-15)16-12(17)9-5-3-6-10(14)11(9)13/h3,5-6,8H,2,4H2,1H3,(H,16,17). The minimum absolute atomic E-state index is 0.0445. The van der Waals surface area contributed by atoms with E-state index in [1.165, 1.54) is 18.2 Å². The van der Waals surface area contributed by atoms with Gasteiger partial charge in [0.2, 0.25) is 0 Å². The first-order chi connectivity index (χ1) is 8.10. The Morgan fingerprint density at radius 1 is 1.65 bits per heavy atom. The Kier molecular flexibility index (Phi) is 4.92. The average molecular weight is 255 g/mol. The predicted octanol–water partition coefficient (Wildman–Crippen LogP) is 2.90. The van der Waals surface area contributed by atoms with Crippen molar-refractivity contribution < 1.29 is 9.18 Å². The van der Waals surface area contributed by atoms with E-state index >= 15 is 0 Å². The lowest BCUT2D eigenvalue weighted by Gasteiger charge is -2.11. The lowest BCUT2D eigenvalue weighted by atomic mass is 10.1. The fraction of sp³-hybridized carbons (Fsp3) is 0.333. The van der Waals surface area contributed by atoms with Gasteiger partial charge in [-0.25, -0.2) is 4.39 Å². The summed E-state index contributed by atoms with van der Waals surface area (Å²) in [6.07, 6.45) is 1.32. The van der Waals surface area contributed by atoms with E-state index in [0.717, 1.165) is 6.42 Å². The molecule has 0 radical (unpaired) electrons. The zero-order valence-corrected chi connectivity index (χ0v) is 10.1. The van der Waals surface area contributed by atoms with Gasteiger partial charge in [-0.2, -0.15) is 5.26 Å². The van der Waals surface area contributed by atoms with Crippen LogP contribution in [0.25, 0.3) is 0 Å². The normalized spacial score (nSPS) is 11.6. The number of hydrogen-bond donors (Lipinski definition) is 1. The molecule has 0 heterocycles. The van der Waals surface area contributed by atoms with Gasteiger partial charge in [0.25, 0.3) is 5.91 Å². The van der Waals surface area contributed by atoms with E-state index in [0.29, 0.717) is 6.42 Å². The largest absolute Gasteiger partial charge is 0.336 e. The van der Waals surface area contributed by atoms with Gasteiger partial charge in [0.15, 0.2) is 0 Å². The first-order valence-electron chi connectivity index (χ1n) is 5.24. The molecule has 0 bridgehead atoms. The molecule has 1 amide bonds. The van der Waals surface area contributed by atoms with Crippen LogP contribution in [0.15, 0.2) is 18.2 Å². The predicted molar refractivity (Wildman–Crippen MR) is 63.2 cm³/mol. The summed E-state index contributed by atoms with van der Waals surface area (Å²) in [6, 6.07) is 5.38. The molecule has 0 aliphatic heterocycles. The fourth-order valence-electron chi connectivity index (χ4n) is 1.37. The molecule has 0 saturated carbocycles. The SMILES string of the molecule is CCCC(C#N)NC(=O)c1cccc(F)c1Cl. The second-order valence-electron chi connectivity index (χ2n) is 3.55. The highest BCUT2D eigenvalue weighted by Crippen LogP contribution is 2.19. The summed E-state index contributed by atoms with van der Waals surface area (Å²) in [4.78, 5) is 11.7. The van der Waals surface area contributed by atoms with Crippen molar-refractivity contribution in [2.24, 2.45) is 0 Å². The fourth-order valence-corrected chi connectivity index (χ4v) is 1.58. The summed E-state index contributed by atoms with van der Waals surface area (Å²) in [5.74, 6) is -1.18. The van der Waals surface area contributed by atoms with Gasteiger partial charge in [-0.1, -0.05) is 31.0 Å². The summed E-state index contributed by atoms with van der Waals surface area (Å²) in [5.41, 5.74) is 0.0445. The molecular formula is C12H12ClFN2O. The number of hydrogen-bond acceptors (Lipinski definition) is 2. The van der Waals surface area contributed by atoms with Crippen molar-refractivity contribution in [3.05, 3.63) is 34.6 Å². The number of carbonyl (C=O) groups excluding carboxylic acids is 1. The van der Waals surface area contributed by atoms with Crippen LogP contribution in [-0.4, -0.2) is 11.9 Å². The third-order valence-electron chi connectivity index (χ3n) is 2.23. The number of halogens is 2. The summed E-state index contributed by atoms with van der Waals surface area (Å²) in [6.45, 7) is 1.91. The van der Waals surface area contributed by atoms with Gasteiger partial charge in [0.05, 0.1) is 16.7 Å². The topological polar surface area (TPSA) is 52.9 Å². The monoisotopic (exact) mass is 254 g/mol. The minimum atomic E-state index is -0.650. The number of amides is 1. The molecule has 0 saturated heterocycles. The Morgan fingerprint density at radius 3 is 2.94 bits per heavy atom. The third-order valence-corrected chi connectivity index (χ3v) is 2.62. The summed E-state index contributed by atoms with van der Waals surface area (Å²) in [5, 5.41) is 11.1. The Labute approximate surface area is 104 Å². The van der Waals surface area contributed by atoms with Crippen LogP contribution in [-0.2, 0) is 0 Å². The van der Waals surface area contributed by atoms with Crippen LogP contribution < -0.4 is 5.32 Å². The molecule has 17 heavy (non-hydrogen) atoms. The molecule has 3 nitrogen and oxygen atoms in total. The highest BCUT2D eigenvalue weighted by molar-refractivity contribution is 6.34. The first-order valence-corrected chi connectivity index (χ1v) is 5.62. The molecule has 0 fully saturated rings. The number of nitrogens with zero attached hydrogens (tertiary/aromatic N) is 1. The maximum atomic E-state index is 13.1. The number of benzene rings is 1. The van der Waals surface area contributed by atoms with E-state index in [2.05, 4.69) is 5.32 Å². The van der Waals surface area contributed by atoms with Gasteiger partial charge in [-0.05, 0) is 18.6 Å². The molecule has 0 aromatic heterocycles. The second kappa shape index (κ2) is 6.21. The van der Waals surface area contributed by atoms with Crippen molar-refractivity contribution in [2.45, 2.75) is 25.8 Å². The van der Waals surface area contributed by atoms with Gasteiger partial charge in [0, 0.05) is 0 Å². The van der Waals surface area contributed by atoms with Crippen LogP contribution in [0.4, 0.5) is 4.39 Å². The number of nitrogens with one attached hydrogen (secondary N) is 1. The van der Waals surface area contributed by atoms with E-state index < -0.39 is 17.8 Å². The van der Waals surface area contributed by atoms with Crippen molar-refractivity contribution in [1.29, 1.82) is 5.26 Å². The maximum absolute atomic E-state index is 13.1. The number of rotatable bonds is 4. The molecule has 1 atom stereocenters. The second-order valence-corrected chi connectivity index (χ2v) is 3.92. The Morgan fingerprint density at radius 2 is 2.35 bits per heavy atom. The van der Waals surface area contributed by atoms with E-state index in [1.54, 1.807) is 0 Å². The lowest BCUT2D eigenvalue weighted by Crippen LogP contribution is -2.33. The zero-order chi connectivity index (χ0) is 12.8. The Balaban J connectivity index is 2.83. The summed E-state index contributed by atoms with van der Waals surface area (Å²) >= 11 is 5.67. The molecular weight excluding hydrogens is 243 g/mol. The highest BCUT2D eigenvalue weighted by atomic mass is 35.5. The van der Waals surface area contributed by atoms with Crippen LogP contribution in [0, 0.1) is 17.1 Å². The maximum Gasteiger partial charge on any atom is 0.253 e. The van der Waals surface area contributed by atoms with Crippen molar-refractivity contribution in [2.75, 3.05) is 0 Å². The molecule has 1 aromatic rings. The van der Waals surface area contributed by atoms with Gasteiger partial charge >= 0.3 is 0 Å². The molecule has 1 N–H and O–H groups in total. The van der Waals surface area contributed by atoms with Crippen molar-refractivity contribution >= 4 is 17.5 Å². The average Bonchev–Trinajstić information content (AvgIpc) is 2.31. The first kappa shape index (κ1) is 13.5. The molecule has 1 unspecified atom stereocenters. The smallest absolute Gasteiger partial charge is 0.253 e. The van der Waals surface area contributed by atoms with Crippen LogP contribution in [0.2, 0.25) is 5.02 Å². The van der Waals surface area contributed by atoms with Crippen LogP contribution in [0.5, 0.6) is 0 Å². The van der Waals surface area contributed by atoms with Crippen molar-refractivity contribution in [1.82, 2.24) is 5.32 Å². The quantitative estimate of drug-likeness (QED) is 0.898. The molecule has 0 spiro atoms. The van der Waals surface area contributed by atoms with Gasteiger partial charge in [0.1, 0.15) is 11.9 Å². The number of carbonyl (C=O) groups is 1. The summed E-state index contributed by atoms with van der Waals surface area (Å²) in [7, 11) is 0.